The van der Waals surface area contributed by atoms with Gasteiger partial charge in [-0.15, -0.1) is 0 Å². The van der Waals surface area contributed by atoms with Crippen molar-refractivity contribution in [1.82, 2.24) is 100 Å². The zero-order chi connectivity index (χ0) is 110. The number of aliphatic hydroxyl groups excluding tert-OH is 1. The lowest BCUT2D eigenvalue weighted by molar-refractivity contribution is -0.145. The first-order chi connectivity index (χ1) is 69.7. The average Bonchev–Trinajstić information content (AvgIpc) is 1.69. The second-order valence-electron chi connectivity index (χ2n) is 37.2. The molecule has 21 atom stereocenters. The van der Waals surface area contributed by atoms with Crippen molar-refractivity contribution >= 4 is 149 Å². The maximum atomic E-state index is 15.0. The number of aliphatic hydroxyl groups is 1. The highest BCUT2D eigenvalue weighted by Crippen LogP contribution is 2.26. The van der Waals surface area contributed by atoms with Crippen molar-refractivity contribution in [2.45, 2.75) is 317 Å². The second kappa shape index (κ2) is 68.4. The number of hydrogen-bond donors (Lipinski definition) is 34. The van der Waals surface area contributed by atoms with Crippen LogP contribution < -0.4 is 148 Å². The monoisotopic (exact) mass is 2120 g/mol. The predicted molar refractivity (Wildman–Crippen MR) is 551 cm³/mol. The number of hydrogen-bond acceptors (Lipinski definition) is 32. The molecular formula is C92H163N31O22S2. The van der Waals surface area contributed by atoms with Gasteiger partial charge in [0.1, 0.15) is 108 Å². The lowest BCUT2D eigenvalue weighted by Gasteiger charge is -2.34. The molecule has 2 fully saturated rings. The summed E-state index contributed by atoms with van der Waals surface area (Å²) in [6.45, 7) is 11.7. The lowest BCUT2D eigenvalue weighted by Crippen LogP contribution is -2.63. The van der Waals surface area contributed by atoms with E-state index in [0.29, 0.717) is 76.4 Å². The number of carboxylic acids is 1. The van der Waals surface area contributed by atoms with Crippen LogP contribution in [0.4, 0.5) is 0 Å². The van der Waals surface area contributed by atoms with E-state index in [2.05, 4.69) is 116 Å². The van der Waals surface area contributed by atoms with Gasteiger partial charge in [0.15, 0.2) is 11.9 Å². The first-order valence-electron chi connectivity index (χ1n) is 50.1. The Morgan fingerprint density at radius 3 is 1.12 bits per heavy atom. The van der Waals surface area contributed by atoms with Gasteiger partial charge in [0, 0.05) is 44.1 Å². The molecule has 2 saturated heterocycles. The van der Waals surface area contributed by atoms with Crippen LogP contribution in [0.5, 0.6) is 5.75 Å². The number of thiol groups is 2. The van der Waals surface area contributed by atoms with Crippen molar-refractivity contribution in [3.8, 4) is 5.75 Å². The first-order valence-corrected chi connectivity index (χ1v) is 51.4. The van der Waals surface area contributed by atoms with Crippen LogP contribution in [-0.2, 0) is 97.5 Å². The van der Waals surface area contributed by atoms with Crippen LogP contribution >= 0.6 is 25.3 Å². The van der Waals surface area contributed by atoms with Crippen molar-refractivity contribution in [2.75, 3.05) is 77.0 Å². The Kier molecular flexibility index (Phi) is 60.0. The van der Waals surface area contributed by atoms with E-state index in [9.17, 15) is 102 Å². The number of carbonyl (C=O) groups is 19. The molecule has 1 aromatic rings. The van der Waals surface area contributed by atoms with Gasteiger partial charge in [-0.05, 0) is 204 Å². The third-order valence-electron chi connectivity index (χ3n) is 25.2. The molecule has 0 spiro atoms. The fourth-order valence-corrected chi connectivity index (χ4v) is 16.7. The number of primary amides is 1. The summed E-state index contributed by atoms with van der Waals surface area (Å²) < 4.78 is 0. The minimum atomic E-state index is -1.97. The number of benzene rings is 1. The third-order valence-corrected chi connectivity index (χ3v) is 25.9. The summed E-state index contributed by atoms with van der Waals surface area (Å²) in [6.07, 6.45) is 0.622. The zero-order valence-electron chi connectivity index (χ0n) is 85.1. The second-order valence-corrected chi connectivity index (χ2v) is 37.9. The number of likely N-dealkylation sites (tertiary alicyclic amines) is 2. The smallest absolute Gasteiger partial charge is 0.326 e. The minimum Gasteiger partial charge on any atom is -0.508 e. The number of aromatic hydroxyl groups is 1. The molecule has 42 N–H and O–H groups in total. The average molecular weight is 2120 g/mol. The van der Waals surface area contributed by atoms with E-state index in [1.165, 1.54) is 34.1 Å². The third kappa shape index (κ3) is 44.8. The Morgan fingerprint density at radius 2 is 0.707 bits per heavy atom. The van der Waals surface area contributed by atoms with E-state index >= 15 is 4.79 Å². The highest BCUT2D eigenvalue weighted by molar-refractivity contribution is 7.80. The molecule has 0 radical (unpaired) electrons. The standard InChI is InChI=1S/C92H163N31O22S2/c1-8-49(5)70(120-86(140)71(50(6)9-2)119-84(138)67-26-19-43-123(67)89(143)69(48(3)4)118-83(137)66-25-18-42-122(66)88(142)60(22-12-15-36-95)112-73(127)54(99)20-10-13-34-93)85(139)115-62(44-52-27-29-53(125)30-28-52)79(133)117-65(47-147)82(136)114-63(45-68(100)126)80(134)108-56(23-16-40-105-91(101)102)74(128)109-59(33-39-98)78(132)121-72(51(7)124)87(141)111-58(32-38-97)76(130)107-55(21-11-14-35-94)75(129)116-64(46-146)81(135)110-57(31-37-96)77(131)113-61(90(144)145)24-17-41-106-92(103)104/h27-30,48-51,54-67,69-72,124-125,146-147H,8-26,31-47,93-99H2,1-7H3,(H2,100,126)(H,107,130)(H,108,134)(H,109,128)(H,110,135)(H,111,141)(H,112,127)(H,113,131)(H,114,136)(H,115,139)(H,116,129)(H,117,133)(H,118,137)(H,119,138)(H,120,140)(H,121,132)(H,144,145)(H4,101,102,105)(H4,103,104,106)/t49-,50-,51+,54-,55-,56-,57-,58+,59-,60-,61-,62-,63-,64-,65-,66-,67-,69-,70-,71-,72-/m0/s1. The van der Waals surface area contributed by atoms with E-state index in [1.54, 1.807) is 41.5 Å². The molecule has 830 valence electrons. The number of phenols is 1. The number of nitrogens with one attached hydrogen (secondary N) is 19. The van der Waals surface area contributed by atoms with Crippen molar-refractivity contribution in [2.24, 2.45) is 75.1 Å². The van der Waals surface area contributed by atoms with Crippen LogP contribution in [0.1, 0.15) is 202 Å². The molecule has 2 heterocycles. The van der Waals surface area contributed by atoms with Gasteiger partial charge in [0.05, 0.1) is 18.6 Å². The Morgan fingerprint density at radius 1 is 0.381 bits per heavy atom. The van der Waals surface area contributed by atoms with Gasteiger partial charge < -0.3 is 173 Å². The summed E-state index contributed by atoms with van der Waals surface area (Å²) in [7, 11) is 0. The normalized spacial score (nSPS) is 17.2. The number of amides is 18. The zero-order valence-corrected chi connectivity index (χ0v) is 86.9. The quantitative estimate of drug-likeness (QED) is 0.0125. The molecule has 0 aliphatic carbocycles. The number of phenolic OH excluding ortho intramolecular Hbond substituents is 1. The first kappa shape index (κ1) is 129. The molecule has 0 unspecified atom stereocenters. The summed E-state index contributed by atoms with van der Waals surface area (Å²) in [5.74, 6) is -22.1. The maximum Gasteiger partial charge on any atom is 0.326 e. The molecule has 2 aliphatic rings. The van der Waals surface area contributed by atoms with Crippen LogP contribution in [0.15, 0.2) is 24.3 Å². The van der Waals surface area contributed by atoms with Crippen molar-refractivity contribution in [3.63, 3.8) is 0 Å². The summed E-state index contributed by atoms with van der Waals surface area (Å²) >= 11 is 8.56. The van der Waals surface area contributed by atoms with Gasteiger partial charge in [0.25, 0.3) is 0 Å². The molecule has 2 aliphatic heterocycles. The summed E-state index contributed by atoms with van der Waals surface area (Å²) in [6, 6.07) is -20.8. The van der Waals surface area contributed by atoms with Crippen LogP contribution in [-0.4, -0.2) is 341 Å². The molecule has 18 amide bonds. The van der Waals surface area contributed by atoms with Crippen molar-refractivity contribution in [1.29, 1.82) is 10.8 Å². The van der Waals surface area contributed by atoms with Crippen LogP contribution in [0.25, 0.3) is 0 Å². The number of carbonyl (C=O) groups excluding carboxylic acids is 18. The van der Waals surface area contributed by atoms with E-state index in [1.807, 2.05) is 0 Å². The molecule has 53 nitrogen and oxygen atoms in total. The van der Waals surface area contributed by atoms with Gasteiger partial charge in [0.2, 0.25) is 106 Å². The molecular weight excluding hydrogens is 1960 g/mol. The summed E-state index contributed by atoms with van der Waals surface area (Å²) in [5, 5.41) is 89.5. The number of guanidine groups is 2. The lowest BCUT2D eigenvalue weighted by atomic mass is 9.94. The summed E-state index contributed by atoms with van der Waals surface area (Å²) in [5.41, 5.74) is 57.8. The Hall–Kier alpha value is -12.1. The number of unbranched alkanes of at least 4 members (excludes halogenated alkanes) is 3. The van der Waals surface area contributed by atoms with Gasteiger partial charge in [-0.25, -0.2) is 4.79 Å². The van der Waals surface area contributed by atoms with Crippen LogP contribution in [0.2, 0.25) is 0 Å². The maximum absolute atomic E-state index is 15.0. The number of carboxylic acid groups (broad SMARTS) is 1. The number of aliphatic carboxylic acids is 1. The SMILES string of the molecule is CC[C@H](C)[C@H](NC(=O)[C@@H](NC(=O)[C@@H]1CCCN1C(=O)[C@@H](NC(=O)[C@@H]1CCCN1C(=O)[C@H](CCCCN)NC(=O)[C@@H](N)CCCCN)C(C)C)[C@@H](C)CC)C(=O)N[C@@H](Cc1ccc(O)cc1)C(=O)N[C@@H](CS)C(=O)N[C@@H](CC(N)=O)C(=O)N[C@@H](CCCNC(=N)N)C(=O)N[C@@H](CCN)C(=O)N[C@H](C(=O)N[C@H](CCN)C(=O)N[C@@H](CCCCN)C(=O)N[C@@H](CS)C(=O)N[C@@H](CCN)C(=O)N[C@@H](CCCNC(=N)N)C(=O)O)[C@@H](C)O. The Bertz CT molecular complexity index is 4500. The highest BCUT2D eigenvalue weighted by Gasteiger charge is 2.46. The largest absolute Gasteiger partial charge is 0.508 e. The molecule has 55 heteroatoms. The van der Waals surface area contributed by atoms with E-state index in [0.717, 1.165) is 6.92 Å². The molecule has 0 bridgehead atoms. The number of rotatable bonds is 71. The number of nitrogens with zero attached hydrogens (tertiary/aromatic N) is 2. The highest BCUT2D eigenvalue weighted by atomic mass is 32.1. The molecule has 147 heavy (non-hydrogen) atoms. The molecule has 1 aromatic carbocycles. The fourth-order valence-electron chi connectivity index (χ4n) is 16.2. The Balaban J connectivity index is 1.92. The van der Waals surface area contributed by atoms with E-state index in [-0.39, 0.29) is 153 Å². The van der Waals surface area contributed by atoms with Crippen LogP contribution in [0, 0.1) is 28.6 Å². The van der Waals surface area contributed by atoms with Gasteiger partial charge in [-0.3, -0.25) is 97.1 Å². The molecule has 0 saturated carbocycles. The van der Waals surface area contributed by atoms with Crippen molar-refractivity contribution in [3.05, 3.63) is 29.8 Å². The Labute approximate surface area is 867 Å². The van der Waals surface area contributed by atoms with Gasteiger partial charge in [-0.1, -0.05) is 72.9 Å². The van der Waals surface area contributed by atoms with E-state index < -0.39 is 269 Å². The molecule has 3 rings (SSSR count). The fraction of sp³-hybridized carbons (Fsp3) is 0.707. The van der Waals surface area contributed by atoms with E-state index in [4.69, 9.17) is 68.2 Å². The van der Waals surface area contributed by atoms with Gasteiger partial charge in [-0.2, -0.15) is 25.3 Å². The summed E-state index contributed by atoms with van der Waals surface area (Å²) in [4.78, 5) is 272. The van der Waals surface area contributed by atoms with Gasteiger partial charge >= 0.3 is 5.97 Å². The topological polar surface area (TPSA) is 904 Å². The minimum absolute atomic E-state index is 0.0752. The number of nitrogens with two attached hydrogens (primary N) is 10. The molecule has 0 aromatic heterocycles. The van der Waals surface area contributed by atoms with Crippen molar-refractivity contribution < 1.29 is 106 Å². The predicted octanol–water partition coefficient (Wildman–Crippen LogP) is -9.58. The van der Waals surface area contributed by atoms with Crippen LogP contribution in [0.3, 0.4) is 0 Å².